The molecule has 4 heteroatoms. The van der Waals surface area contributed by atoms with Crippen LogP contribution in [0.2, 0.25) is 0 Å². The summed E-state index contributed by atoms with van der Waals surface area (Å²) in [5.41, 5.74) is 2.99. The number of nitrogens with zero attached hydrogens (tertiary/aromatic N) is 2. The van der Waals surface area contributed by atoms with Crippen LogP contribution in [0.3, 0.4) is 0 Å². The molecule has 150 valence electrons. The van der Waals surface area contributed by atoms with Crippen LogP contribution in [0.1, 0.15) is 22.3 Å². The molecule has 0 unspecified atom stereocenters. The predicted octanol–water partition coefficient (Wildman–Crippen LogP) is 5.58. The minimum Gasteiger partial charge on any atom is -0.309 e. The van der Waals surface area contributed by atoms with Gasteiger partial charge in [0.1, 0.15) is 0 Å². The Kier molecular flexibility index (Phi) is 7.91. The average molecular weight is 405 g/mol. The normalized spacial score (nSPS) is 10.9. The van der Waals surface area contributed by atoms with Crippen molar-refractivity contribution in [1.29, 1.82) is 0 Å². The second-order valence-electron chi connectivity index (χ2n) is 7.22. The number of hydrogen-bond acceptors (Lipinski definition) is 3. The fraction of sp³-hybridized carbons (Fsp3) is 0.240. The lowest BCUT2D eigenvalue weighted by molar-refractivity contribution is 0.0985. The van der Waals surface area contributed by atoms with E-state index in [1.165, 1.54) is 5.56 Å². The molecule has 3 nitrogen and oxygen atoms in total. The standard InChI is InChI=1S/C25H28N2OS/c1-26(2)18-11-19-27(25(28)22-14-7-4-8-15-22)23-16-9-10-17-24(23)29-20-21-12-5-3-6-13-21/h3-10,12-17H,11,18-20H2,1-2H3. The zero-order valence-corrected chi connectivity index (χ0v) is 17.9. The molecule has 0 atom stereocenters. The van der Waals surface area contributed by atoms with Gasteiger partial charge in [0.2, 0.25) is 0 Å². The molecule has 0 aliphatic heterocycles. The maximum absolute atomic E-state index is 13.4. The molecule has 1 amide bonds. The summed E-state index contributed by atoms with van der Waals surface area (Å²) in [5, 5.41) is 0. The molecule has 0 aromatic heterocycles. The quantitative estimate of drug-likeness (QED) is 0.435. The van der Waals surface area contributed by atoms with Crippen LogP contribution in [-0.4, -0.2) is 38.0 Å². The van der Waals surface area contributed by atoms with Gasteiger partial charge in [-0.2, -0.15) is 0 Å². The zero-order chi connectivity index (χ0) is 20.5. The van der Waals surface area contributed by atoms with Gasteiger partial charge in [0.05, 0.1) is 5.69 Å². The second-order valence-corrected chi connectivity index (χ2v) is 8.24. The molecular weight excluding hydrogens is 376 g/mol. The highest BCUT2D eigenvalue weighted by Crippen LogP contribution is 2.33. The van der Waals surface area contributed by atoms with Crippen LogP contribution >= 0.6 is 11.8 Å². The molecule has 29 heavy (non-hydrogen) atoms. The molecule has 0 saturated heterocycles. The highest BCUT2D eigenvalue weighted by molar-refractivity contribution is 7.98. The van der Waals surface area contributed by atoms with E-state index in [2.05, 4.69) is 55.4 Å². The lowest BCUT2D eigenvalue weighted by Gasteiger charge is -2.26. The maximum atomic E-state index is 13.4. The van der Waals surface area contributed by atoms with Crippen LogP contribution < -0.4 is 4.90 Å². The van der Waals surface area contributed by atoms with Gasteiger partial charge in [0.25, 0.3) is 5.91 Å². The van der Waals surface area contributed by atoms with Gasteiger partial charge in [-0.05, 0) is 56.9 Å². The molecule has 0 heterocycles. The van der Waals surface area contributed by atoms with Crippen molar-refractivity contribution in [2.24, 2.45) is 0 Å². The molecule has 3 rings (SSSR count). The highest BCUT2D eigenvalue weighted by Gasteiger charge is 2.20. The van der Waals surface area contributed by atoms with Crippen LogP contribution in [0.5, 0.6) is 0 Å². The van der Waals surface area contributed by atoms with Crippen molar-refractivity contribution >= 4 is 23.4 Å². The summed E-state index contributed by atoms with van der Waals surface area (Å²) >= 11 is 1.78. The Morgan fingerprint density at radius 1 is 0.793 bits per heavy atom. The van der Waals surface area contributed by atoms with Gasteiger partial charge >= 0.3 is 0 Å². The molecule has 0 aliphatic carbocycles. The lowest BCUT2D eigenvalue weighted by Crippen LogP contribution is -2.33. The van der Waals surface area contributed by atoms with Crippen molar-refractivity contribution in [3.8, 4) is 0 Å². The van der Waals surface area contributed by atoms with Crippen molar-refractivity contribution in [2.75, 3.05) is 32.1 Å². The molecule has 0 bridgehead atoms. The van der Waals surface area contributed by atoms with E-state index in [0.29, 0.717) is 6.54 Å². The van der Waals surface area contributed by atoms with Gasteiger partial charge in [-0.1, -0.05) is 60.7 Å². The Balaban J connectivity index is 1.85. The number of carbonyl (C=O) groups is 1. The van der Waals surface area contributed by atoms with E-state index in [4.69, 9.17) is 0 Å². The van der Waals surface area contributed by atoms with E-state index in [-0.39, 0.29) is 5.91 Å². The number of hydrogen-bond donors (Lipinski definition) is 0. The number of benzene rings is 3. The molecule has 3 aromatic carbocycles. The minimum absolute atomic E-state index is 0.0529. The van der Waals surface area contributed by atoms with E-state index in [9.17, 15) is 4.79 Å². The van der Waals surface area contributed by atoms with Crippen molar-refractivity contribution < 1.29 is 4.79 Å². The smallest absolute Gasteiger partial charge is 0.258 e. The summed E-state index contributed by atoms with van der Waals surface area (Å²) < 4.78 is 0. The first-order chi connectivity index (χ1) is 14.1. The first-order valence-electron chi connectivity index (χ1n) is 9.92. The van der Waals surface area contributed by atoms with Crippen LogP contribution in [0.15, 0.2) is 89.8 Å². The summed E-state index contributed by atoms with van der Waals surface area (Å²) in [6, 6.07) is 28.2. The number of thioether (sulfide) groups is 1. The molecule has 0 saturated carbocycles. The third-order valence-electron chi connectivity index (χ3n) is 4.65. The summed E-state index contributed by atoms with van der Waals surface area (Å²) in [6.45, 7) is 1.63. The van der Waals surface area contributed by atoms with Crippen LogP contribution in [0.4, 0.5) is 5.69 Å². The number of anilines is 1. The zero-order valence-electron chi connectivity index (χ0n) is 17.1. The van der Waals surface area contributed by atoms with Gasteiger partial charge in [-0.3, -0.25) is 4.79 Å². The number of amides is 1. The van der Waals surface area contributed by atoms with E-state index in [0.717, 1.165) is 34.9 Å². The van der Waals surface area contributed by atoms with Gasteiger partial charge < -0.3 is 9.80 Å². The molecule has 0 aliphatic rings. The van der Waals surface area contributed by atoms with Crippen molar-refractivity contribution in [3.05, 3.63) is 96.1 Å². The topological polar surface area (TPSA) is 23.6 Å². The number of carbonyl (C=O) groups excluding carboxylic acids is 1. The van der Waals surface area contributed by atoms with Crippen molar-refractivity contribution in [1.82, 2.24) is 4.90 Å². The van der Waals surface area contributed by atoms with E-state index in [1.54, 1.807) is 11.8 Å². The van der Waals surface area contributed by atoms with E-state index in [1.807, 2.05) is 53.4 Å². The summed E-state index contributed by atoms with van der Waals surface area (Å²) in [7, 11) is 4.13. The number of para-hydroxylation sites is 1. The average Bonchev–Trinajstić information content (AvgIpc) is 2.76. The van der Waals surface area contributed by atoms with Gasteiger partial charge in [0, 0.05) is 22.8 Å². The SMILES string of the molecule is CN(C)CCCN(C(=O)c1ccccc1)c1ccccc1SCc1ccccc1. The maximum Gasteiger partial charge on any atom is 0.258 e. The first-order valence-corrected chi connectivity index (χ1v) is 10.9. The Morgan fingerprint density at radius 3 is 2.10 bits per heavy atom. The van der Waals surface area contributed by atoms with Gasteiger partial charge in [-0.25, -0.2) is 0 Å². The monoisotopic (exact) mass is 404 g/mol. The molecule has 3 aromatic rings. The molecular formula is C25H28N2OS. The van der Waals surface area contributed by atoms with Crippen LogP contribution in [0, 0.1) is 0 Å². The third kappa shape index (κ3) is 6.21. The second kappa shape index (κ2) is 10.8. The largest absolute Gasteiger partial charge is 0.309 e. The molecule has 0 fully saturated rings. The fourth-order valence-electron chi connectivity index (χ4n) is 3.15. The number of rotatable bonds is 9. The Labute approximate surface area is 178 Å². The third-order valence-corrected chi connectivity index (χ3v) is 5.78. The minimum atomic E-state index is 0.0529. The molecule has 0 spiro atoms. The van der Waals surface area contributed by atoms with Gasteiger partial charge in [-0.15, -0.1) is 11.8 Å². The van der Waals surface area contributed by atoms with E-state index >= 15 is 0 Å². The highest BCUT2D eigenvalue weighted by atomic mass is 32.2. The van der Waals surface area contributed by atoms with Crippen LogP contribution in [0.25, 0.3) is 0 Å². The fourth-order valence-corrected chi connectivity index (χ4v) is 4.17. The van der Waals surface area contributed by atoms with Crippen molar-refractivity contribution in [3.63, 3.8) is 0 Å². The lowest BCUT2D eigenvalue weighted by atomic mass is 10.1. The van der Waals surface area contributed by atoms with E-state index < -0.39 is 0 Å². The Bertz CT molecular complexity index is 897. The summed E-state index contributed by atoms with van der Waals surface area (Å²) in [6.07, 6.45) is 0.920. The summed E-state index contributed by atoms with van der Waals surface area (Å²) in [4.78, 5) is 18.6. The Morgan fingerprint density at radius 2 is 1.41 bits per heavy atom. The first kappa shape index (κ1) is 21.2. The van der Waals surface area contributed by atoms with Crippen LogP contribution in [-0.2, 0) is 5.75 Å². The molecule has 0 N–H and O–H groups in total. The van der Waals surface area contributed by atoms with Gasteiger partial charge in [0.15, 0.2) is 0 Å². The Hall–Kier alpha value is -2.56. The van der Waals surface area contributed by atoms with Crippen molar-refractivity contribution in [2.45, 2.75) is 17.1 Å². The summed E-state index contributed by atoms with van der Waals surface area (Å²) in [5.74, 6) is 0.931. The molecule has 0 radical (unpaired) electrons. The predicted molar refractivity (Wildman–Crippen MR) is 124 cm³/mol.